The predicted octanol–water partition coefficient (Wildman–Crippen LogP) is 0.00450. The van der Waals surface area contributed by atoms with Gasteiger partial charge in [-0.3, -0.25) is 0 Å². The van der Waals surface area contributed by atoms with E-state index < -0.39 is 0 Å². The Morgan fingerprint density at radius 3 is 2.50 bits per heavy atom. The first kappa shape index (κ1) is 7.66. The van der Waals surface area contributed by atoms with Gasteiger partial charge < -0.3 is 10.8 Å². The molecule has 1 atom stereocenters. The van der Waals surface area contributed by atoms with Crippen LogP contribution in [0.5, 0.6) is 0 Å². The maximum absolute atomic E-state index is 6.81. The molecule has 0 aliphatic heterocycles. The van der Waals surface area contributed by atoms with E-state index in [0.717, 1.165) is 12.0 Å². The molecule has 0 fully saturated rings. The molecule has 0 aromatic carbocycles. The first-order valence-corrected chi connectivity index (χ1v) is 2.74. The van der Waals surface area contributed by atoms with Gasteiger partial charge in [0.05, 0.1) is 0 Å². The Labute approximate surface area is 50.0 Å². The molecule has 0 spiro atoms. The van der Waals surface area contributed by atoms with Crippen LogP contribution >= 0.6 is 0 Å². The molecule has 0 aliphatic carbocycles. The summed E-state index contributed by atoms with van der Waals surface area (Å²) >= 11 is 0. The predicted molar refractivity (Wildman–Crippen MR) is 35.9 cm³/mol. The monoisotopic (exact) mass is 116 g/mol. The van der Waals surface area contributed by atoms with Crippen molar-refractivity contribution in [3.05, 3.63) is 12.2 Å². The van der Waals surface area contributed by atoms with Gasteiger partial charge in [0.2, 0.25) is 0 Å². The molecule has 0 saturated heterocycles. The van der Waals surface area contributed by atoms with E-state index >= 15 is 0 Å². The molecule has 0 unspecified atom stereocenters. The Morgan fingerprint density at radius 2 is 2.38 bits per heavy atom. The van der Waals surface area contributed by atoms with Crippen molar-refractivity contribution in [3.63, 3.8) is 0 Å². The molecule has 0 rings (SSSR count). The molecule has 0 amide bonds. The Kier molecular flexibility index (Phi) is 3.48. The van der Waals surface area contributed by atoms with E-state index in [0.29, 0.717) is 6.61 Å². The maximum atomic E-state index is 6.81. The highest BCUT2D eigenvalue weighted by atomic mass is 16.3. The normalized spacial score (nSPS) is 13.4. The molecule has 0 aromatic heterocycles. The van der Waals surface area contributed by atoms with Crippen LogP contribution in [0.1, 0.15) is 13.3 Å². The second kappa shape index (κ2) is 3.64. The summed E-state index contributed by atoms with van der Waals surface area (Å²) in [7, 11) is 0. The van der Waals surface area contributed by atoms with Gasteiger partial charge in [0.1, 0.15) is 6.61 Å². The molecule has 4 N–H and O–H groups in total. The minimum Gasteiger partial charge on any atom is -0.445 e. The van der Waals surface area contributed by atoms with Crippen molar-refractivity contribution in [3.8, 4) is 0 Å². The van der Waals surface area contributed by atoms with Crippen LogP contribution in [0.3, 0.4) is 0 Å². The molecule has 0 aromatic rings. The van der Waals surface area contributed by atoms with Gasteiger partial charge in [0, 0.05) is 12.5 Å². The summed E-state index contributed by atoms with van der Waals surface area (Å²) in [5.41, 5.74) is 6.48. The van der Waals surface area contributed by atoms with Crippen LogP contribution in [0.4, 0.5) is 0 Å². The highest BCUT2D eigenvalue weighted by Crippen LogP contribution is 1.96. The first-order chi connectivity index (χ1) is 3.68. The largest absolute Gasteiger partial charge is 0.445 e. The van der Waals surface area contributed by atoms with E-state index in [2.05, 4.69) is 6.58 Å². The smallest absolute Gasteiger partial charge is 0.145 e. The summed E-state index contributed by atoms with van der Waals surface area (Å²) in [6.45, 7) is 5.95. The molecule has 2 heteroatoms. The van der Waals surface area contributed by atoms with Gasteiger partial charge in [-0.15, -0.1) is 0 Å². The van der Waals surface area contributed by atoms with Crippen LogP contribution in [0.15, 0.2) is 12.2 Å². The van der Waals surface area contributed by atoms with Crippen molar-refractivity contribution in [1.82, 2.24) is 0 Å². The topological polar surface area (TPSA) is 48.9 Å². The van der Waals surface area contributed by atoms with Gasteiger partial charge in [-0.25, -0.2) is 0 Å². The van der Waals surface area contributed by atoms with E-state index in [9.17, 15) is 0 Å². The van der Waals surface area contributed by atoms with Crippen molar-refractivity contribution < 1.29 is 5.11 Å². The Morgan fingerprint density at radius 1 is 1.88 bits per heavy atom. The zero-order valence-corrected chi connectivity index (χ0v) is 5.28. The zero-order valence-electron chi connectivity index (χ0n) is 5.28. The van der Waals surface area contributed by atoms with Crippen molar-refractivity contribution in [2.24, 2.45) is 5.73 Å². The van der Waals surface area contributed by atoms with E-state index in [-0.39, 0.29) is 6.04 Å². The molecule has 2 nitrogen and oxygen atoms in total. The fourth-order valence-electron chi connectivity index (χ4n) is 0.402. The maximum Gasteiger partial charge on any atom is 0.145 e. The minimum atomic E-state index is 0.0347. The average Bonchev–Trinajstić information content (AvgIpc) is 1.67. The number of nitrogens with two attached hydrogens (primary N) is 1. The van der Waals surface area contributed by atoms with Crippen molar-refractivity contribution >= 4 is 0 Å². The summed E-state index contributed by atoms with van der Waals surface area (Å²) in [5.74, 6) is 0. The number of hydrogen-bond acceptors (Lipinski definition) is 1. The first-order valence-electron chi connectivity index (χ1n) is 2.74. The molecule has 48 valence electrons. The third-order valence-electron chi connectivity index (χ3n) is 1.09. The van der Waals surface area contributed by atoms with Gasteiger partial charge in [-0.05, 0) is 6.92 Å². The zero-order chi connectivity index (χ0) is 6.57. The lowest BCUT2D eigenvalue weighted by Crippen LogP contribution is -2.21. The summed E-state index contributed by atoms with van der Waals surface area (Å²) in [5, 5.41) is 6.81. The summed E-state index contributed by atoms with van der Waals surface area (Å²) in [4.78, 5) is 0. The lowest BCUT2D eigenvalue weighted by atomic mass is 10.1. The van der Waals surface area contributed by atoms with Crippen molar-refractivity contribution in [2.75, 3.05) is 6.61 Å². The van der Waals surface area contributed by atoms with E-state index in [1.54, 1.807) is 0 Å². The molecular formula is C6H14NO+. The highest BCUT2D eigenvalue weighted by molar-refractivity contribution is 4.98. The highest BCUT2D eigenvalue weighted by Gasteiger charge is 2.00. The van der Waals surface area contributed by atoms with Crippen LogP contribution in [0.25, 0.3) is 0 Å². The SMILES string of the molecule is C=C(C)[C@@H](N)CC[OH2+]. The van der Waals surface area contributed by atoms with E-state index in [4.69, 9.17) is 10.8 Å². The lowest BCUT2D eigenvalue weighted by molar-refractivity contribution is 0.281. The fourth-order valence-corrected chi connectivity index (χ4v) is 0.402. The van der Waals surface area contributed by atoms with E-state index in [1.165, 1.54) is 0 Å². The fraction of sp³-hybridized carbons (Fsp3) is 0.667. The molecule has 0 bridgehead atoms. The number of rotatable bonds is 3. The third-order valence-corrected chi connectivity index (χ3v) is 1.09. The second-order valence-electron chi connectivity index (χ2n) is 1.99. The number of hydrogen-bond donors (Lipinski definition) is 1. The van der Waals surface area contributed by atoms with Crippen LogP contribution in [0.2, 0.25) is 0 Å². The van der Waals surface area contributed by atoms with E-state index in [1.807, 2.05) is 6.92 Å². The van der Waals surface area contributed by atoms with Crippen molar-refractivity contribution in [2.45, 2.75) is 19.4 Å². The summed E-state index contributed by atoms with van der Waals surface area (Å²) < 4.78 is 0. The van der Waals surface area contributed by atoms with Crippen LogP contribution < -0.4 is 5.73 Å². The standard InChI is InChI=1S/C6H13NO/c1-5(2)6(7)3-4-8/h6,8H,1,3-4,7H2,2H3/p+1/t6-/m0/s1. The van der Waals surface area contributed by atoms with Gasteiger partial charge >= 0.3 is 0 Å². The average molecular weight is 116 g/mol. The molecule has 0 radical (unpaired) electrons. The Balaban J connectivity index is 3.32. The summed E-state index contributed by atoms with van der Waals surface area (Å²) in [6, 6.07) is 0.0347. The minimum absolute atomic E-state index is 0.0347. The molecule has 0 heterocycles. The van der Waals surface area contributed by atoms with Gasteiger partial charge in [-0.1, -0.05) is 12.2 Å². The quantitative estimate of drug-likeness (QED) is 0.409. The lowest BCUT2D eigenvalue weighted by Gasteiger charge is -2.05. The second-order valence-corrected chi connectivity index (χ2v) is 1.99. The van der Waals surface area contributed by atoms with Crippen LogP contribution in [-0.4, -0.2) is 17.8 Å². The summed E-state index contributed by atoms with van der Waals surface area (Å²) in [6.07, 6.45) is 0.731. The third kappa shape index (κ3) is 2.77. The Bertz CT molecular complexity index is 80.6. The van der Waals surface area contributed by atoms with Crippen LogP contribution in [0, 0.1) is 0 Å². The van der Waals surface area contributed by atoms with Crippen molar-refractivity contribution in [1.29, 1.82) is 0 Å². The van der Waals surface area contributed by atoms with Crippen LogP contribution in [-0.2, 0) is 0 Å². The Hall–Kier alpha value is -0.340. The molecule has 0 saturated carbocycles. The molecular weight excluding hydrogens is 102 g/mol. The molecule has 0 aliphatic rings. The van der Waals surface area contributed by atoms with Gasteiger partial charge in [0.15, 0.2) is 0 Å². The van der Waals surface area contributed by atoms with Gasteiger partial charge in [-0.2, -0.15) is 0 Å². The van der Waals surface area contributed by atoms with Gasteiger partial charge in [0.25, 0.3) is 0 Å². The molecule has 8 heavy (non-hydrogen) atoms.